The van der Waals surface area contributed by atoms with E-state index in [1.54, 1.807) is 24.3 Å². The van der Waals surface area contributed by atoms with E-state index < -0.39 is 9.84 Å². The molecule has 0 aliphatic carbocycles. The molecule has 2 rings (SSSR count). The van der Waals surface area contributed by atoms with Crippen LogP contribution in [0.5, 0.6) is 0 Å². The normalized spacial score (nSPS) is 18.1. The summed E-state index contributed by atoms with van der Waals surface area (Å²) in [6.45, 7) is 3.14. The first-order chi connectivity index (χ1) is 10.1. The van der Waals surface area contributed by atoms with Crippen molar-refractivity contribution < 1.29 is 8.42 Å². The van der Waals surface area contributed by atoms with Crippen molar-refractivity contribution >= 4 is 9.84 Å². The standard InChI is InChI=1S/C16H26N2O2S/c17-14-15-6-8-16(9-7-15)21(19,20)13-12-18-10-4-2-1-3-5-11-18/h6-9H,1-5,10-14,17H2. The van der Waals surface area contributed by atoms with Crippen LogP contribution in [0, 0.1) is 0 Å². The Balaban J connectivity index is 1.93. The molecule has 118 valence electrons. The third-order valence-corrected chi connectivity index (χ3v) is 5.85. The highest BCUT2D eigenvalue weighted by molar-refractivity contribution is 7.91. The molecule has 0 spiro atoms. The number of nitrogens with two attached hydrogens (primary N) is 1. The third kappa shape index (κ3) is 5.09. The number of hydrogen-bond acceptors (Lipinski definition) is 4. The Hall–Kier alpha value is -0.910. The molecule has 1 aromatic carbocycles. The zero-order valence-corrected chi connectivity index (χ0v) is 13.4. The van der Waals surface area contributed by atoms with Crippen LogP contribution < -0.4 is 5.73 Å². The van der Waals surface area contributed by atoms with Gasteiger partial charge in [-0.3, -0.25) is 0 Å². The number of rotatable bonds is 5. The van der Waals surface area contributed by atoms with Crippen LogP contribution in [0.4, 0.5) is 0 Å². The van der Waals surface area contributed by atoms with Crippen molar-refractivity contribution in [1.29, 1.82) is 0 Å². The lowest BCUT2D eigenvalue weighted by Crippen LogP contribution is -2.32. The number of hydrogen-bond donors (Lipinski definition) is 1. The molecule has 0 saturated carbocycles. The van der Waals surface area contributed by atoms with Gasteiger partial charge in [0.05, 0.1) is 10.6 Å². The van der Waals surface area contributed by atoms with Crippen LogP contribution in [0.25, 0.3) is 0 Å². The van der Waals surface area contributed by atoms with E-state index in [9.17, 15) is 8.42 Å². The van der Waals surface area contributed by atoms with Gasteiger partial charge in [0, 0.05) is 13.1 Å². The molecule has 0 unspecified atom stereocenters. The van der Waals surface area contributed by atoms with Crippen molar-refractivity contribution in [2.45, 2.75) is 43.5 Å². The second kappa shape index (κ2) is 7.92. The minimum atomic E-state index is -3.19. The molecule has 1 aliphatic rings. The summed E-state index contributed by atoms with van der Waals surface area (Å²) in [5.74, 6) is 0.203. The summed E-state index contributed by atoms with van der Waals surface area (Å²) in [5, 5.41) is 0. The van der Waals surface area contributed by atoms with E-state index in [0.29, 0.717) is 18.0 Å². The fraction of sp³-hybridized carbons (Fsp3) is 0.625. The highest BCUT2D eigenvalue weighted by Gasteiger charge is 2.17. The maximum atomic E-state index is 12.4. The highest BCUT2D eigenvalue weighted by atomic mass is 32.2. The Labute approximate surface area is 128 Å². The molecule has 0 bridgehead atoms. The maximum absolute atomic E-state index is 12.4. The second-order valence-electron chi connectivity index (χ2n) is 5.78. The first-order valence-electron chi connectivity index (χ1n) is 7.86. The molecule has 1 fully saturated rings. The van der Waals surface area contributed by atoms with E-state index in [0.717, 1.165) is 18.7 Å². The fourth-order valence-electron chi connectivity index (χ4n) is 2.74. The Kier molecular flexibility index (Phi) is 6.21. The summed E-state index contributed by atoms with van der Waals surface area (Å²) >= 11 is 0. The number of likely N-dealkylation sites (tertiary alicyclic amines) is 1. The summed E-state index contributed by atoms with van der Waals surface area (Å²) < 4.78 is 24.7. The van der Waals surface area contributed by atoms with E-state index in [2.05, 4.69) is 4.90 Å². The Morgan fingerprint density at radius 1 is 0.952 bits per heavy atom. The molecule has 0 aromatic heterocycles. The van der Waals surface area contributed by atoms with Gasteiger partial charge in [0.1, 0.15) is 0 Å². The van der Waals surface area contributed by atoms with E-state index >= 15 is 0 Å². The van der Waals surface area contributed by atoms with E-state index in [-0.39, 0.29) is 5.75 Å². The summed E-state index contributed by atoms with van der Waals surface area (Å²) in [5.41, 5.74) is 6.49. The first-order valence-corrected chi connectivity index (χ1v) is 9.51. The lowest BCUT2D eigenvalue weighted by atomic mass is 10.1. The fourth-order valence-corrected chi connectivity index (χ4v) is 4.02. The molecular formula is C16H26N2O2S. The minimum Gasteiger partial charge on any atom is -0.326 e. The van der Waals surface area contributed by atoms with Crippen molar-refractivity contribution in [2.75, 3.05) is 25.4 Å². The Bertz CT molecular complexity index is 518. The van der Waals surface area contributed by atoms with Gasteiger partial charge in [-0.05, 0) is 43.6 Å². The van der Waals surface area contributed by atoms with Crippen molar-refractivity contribution in [3.63, 3.8) is 0 Å². The van der Waals surface area contributed by atoms with Gasteiger partial charge in [-0.25, -0.2) is 8.42 Å². The molecule has 4 nitrogen and oxygen atoms in total. The monoisotopic (exact) mass is 310 g/mol. The third-order valence-electron chi connectivity index (χ3n) is 4.14. The van der Waals surface area contributed by atoms with Crippen LogP contribution in [-0.4, -0.2) is 38.7 Å². The largest absolute Gasteiger partial charge is 0.326 e. The molecule has 1 heterocycles. The number of benzene rings is 1. The van der Waals surface area contributed by atoms with Gasteiger partial charge in [-0.15, -0.1) is 0 Å². The van der Waals surface area contributed by atoms with Gasteiger partial charge in [-0.2, -0.15) is 0 Å². The Morgan fingerprint density at radius 3 is 2.10 bits per heavy atom. The van der Waals surface area contributed by atoms with Gasteiger partial charge < -0.3 is 10.6 Å². The average molecular weight is 310 g/mol. The highest BCUT2D eigenvalue weighted by Crippen LogP contribution is 2.14. The van der Waals surface area contributed by atoms with Crippen LogP contribution in [0.2, 0.25) is 0 Å². The molecule has 0 radical (unpaired) electrons. The zero-order chi connectivity index (χ0) is 15.1. The zero-order valence-electron chi connectivity index (χ0n) is 12.6. The van der Waals surface area contributed by atoms with Crippen LogP contribution in [-0.2, 0) is 16.4 Å². The van der Waals surface area contributed by atoms with Crippen LogP contribution >= 0.6 is 0 Å². The van der Waals surface area contributed by atoms with Crippen molar-refractivity contribution in [3.05, 3.63) is 29.8 Å². The smallest absolute Gasteiger partial charge is 0.179 e. The Morgan fingerprint density at radius 2 is 1.52 bits per heavy atom. The quantitative estimate of drug-likeness (QED) is 0.905. The molecule has 1 saturated heterocycles. The number of sulfone groups is 1. The SMILES string of the molecule is NCc1ccc(S(=O)(=O)CCN2CCCCCCC2)cc1. The lowest BCUT2D eigenvalue weighted by molar-refractivity contribution is 0.260. The molecule has 0 atom stereocenters. The van der Waals surface area contributed by atoms with Crippen LogP contribution in [0.1, 0.15) is 37.7 Å². The van der Waals surface area contributed by atoms with Gasteiger partial charge in [0.15, 0.2) is 9.84 Å². The first kappa shape index (κ1) is 16.5. The van der Waals surface area contributed by atoms with Gasteiger partial charge in [-0.1, -0.05) is 31.4 Å². The summed E-state index contributed by atoms with van der Waals surface area (Å²) in [4.78, 5) is 2.71. The van der Waals surface area contributed by atoms with Crippen molar-refractivity contribution in [3.8, 4) is 0 Å². The molecule has 5 heteroatoms. The molecule has 1 aliphatic heterocycles. The molecular weight excluding hydrogens is 284 g/mol. The summed E-state index contributed by atoms with van der Waals surface area (Å²) in [6.07, 6.45) is 6.23. The summed E-state index contributed by atoms with van der Waals surface area (Å²) in [7, 11) is -3.19. The number of nitrogens with zero attached hydrogens (tertiary/aromatic N) is 1. The predicted octanol–water partition coefficient (Wildman–Crippen LogP) is 2.19. The molecule has 0 amide bonds. The van der Waals surface area contributed by atoms with Crippen molar-refractivity contribution in [1.82, 2.24) is 4.90 Å². The minimum absolute atomic E-state index is 0.203. The summed E-state index contributed by atoms with van der Waals surface area (Å²) in [6, 6.07) is 6.93. The van der Waals surface area contributed by atoms with Gasteiger partial charge in [0.2, 0.25) is 0 Å². The lowest BCUT2D eigenvalue weighted by Gasteiger charge is -2.24. The maximum Gasteiger partial charge on any atom is 0.179 e. The van der Waals surface area contributed by atoms with Crippen LogP contribution in [0.15, 0.2) is 29.2 Å². The van der Waals surface area contributed by atoms with E-state index in [1.165, 1.54) is 32.1 Å². The second-order valence-corrected chi connectivity index (χ2v) is 7.89. The average Bonchev–Trinajstić information content (AvgIpc) is 2.46. The van der Waals surface area contributed by atoms with Gasteiger partial charge >= 0.3 is 0 Å². The molecule has 1 aromatic rings. The van der Waals surface area contributed by atoms with E-state index in [1.807, 2.05) is 0 Å². The molecule has 2 N–H and O–H groups in total. The van der Waals surface area contributed by atoms with Crippen molar-refractivity contribution in [2.24, 2.45) is 5.73 Å². The van der Waals surface area contributed by atoms with Gasteiger partial charge in [0.25, 0.3) is 0 Å². The van der Waals surface area contributed by atoms with Crippen LogP contribution in [0.3, 0.4) is 0 Å². The predicted molar refractivity (Wildman–Crippen MR) is 85.9 cm³/mol. The topological polar surface area (TPSA) is 63.4 Å². The van der Waals surface area contributed by atoms with E-state index in [4.69, 9.17) is 5.73 Å². The molecule has 21 heavy (non-hydrogen) atoms.